The van der Waals surface area contributed by atoms with E-state index in [9.17, 15) is 8.78 Å². The minimum absolute atomic E-state index is 0.212. The van der Waals surface area contributed by atoms with Crippen molar-refractivity contribution in [3.63, 3.8) is 0 Å². The largest absolute Gasteiger partial charge is 0.382 e. The first kappa shape index (κ1) is 10.9. The Morgan fingerprint density at radius 3 is 2.86 bits per heavy atom. The van der Waals surface area contributed by atoms with Gasteiger partial charge >= 0.3 is 0 Å². The maximum Gasteiger partial charge on any atom is 0.251 e. The monoisotopic (exact) mass is 204 g/mol. The highest BCUT2D eigenvalue weighted by molar-refractivity contribution is 5.23. The number of alkyl halides is 2. The van der Waals surface area contributed by atoms with Crippen LogP contribution < -0.4 is 5.73 Å². The zero-order valence-electron chi connectivity index (χ0n) is 8.03. The summed E-state index contributed by atoms with van der Waals surface area (Å²) < 4.78 is 25.5. The fourth-order valence-corrected chi connectivity index (χ4v) is 1.10. The molecule has 0 amide bonds. The molecule has 0 aliphatic rings. The summed E-state index contributed by atoms with van der Waals surface area (Å²) in [5.41, 5.74) is 5.40. The normalized spacial score (nSPS) is 11.5. The van der Waals surface area contributed by atoms with E-state index in [4.69, 9.17) is 5.73 Å². The molecule has 1 aromatic heterocycles. The van der Waals surface area contributed by atoms with Crippen molar-refractivity contribution in [1.29, 1.82) is 0 Å². The number of nitrogens with zero attached hydrogens (tertiary/aromatic N) is 3. The summed E-state index contributed by atoms with van der Waals surface area (Å²) in [7, 11) is 1.65. The van der Waals surface area contributed by atoms with Gasteiger partial charge in [-0.3, -0.25) is 9.58 Å². The van der Waals surface area contributed by atoms with Crippen LogP contribution in [0.15, 0.2) is 12.3 Å². The average Bonchev–Trinajstić information content (AvgIpc) is 2.47. The van der Waals surface area contributed by atoms with Gasteiger partial charge in [0.2, 0.25) is 0 Å². The Kier molecular flexibility index (Phi) is 3.82. The van der Waals surface area contributed by atoms with E-state index in [0.29, 0.717) is 18.9 Å². The Labute approximate surface area is 81.3 Å². The van der Waals surface area contributed by atoms with Crippen LogP contribution in [0, 0.1) is 0 Å². The van der Waals surface area contributed by atoms with Crippen molar-refractivity contribution >= 4 is 5.82 Å². The topological polar surface area (TPSA) is 47.1 Å². The molecular weight excluding hydrogens is 190 g/mol. The minimum atomic E-state index is -2.29. The number of rotatable bonds is 5. The molecule has 0 saturated carbocycles. The van der Waals surface area contributed by atoms with Crippen LogP contribution >= 0.6 is 0 Å². The Morgan fingerprint density at radius 2 is 2.36 bits per heavy atom. The van der Waals surface area contributed by atoms with Gasteiger partial charge in [-0.05, 0) is 13.1 Å². The summed E-state index contributed by atoms with van der Waals surface area (Å²) in [5.74, 6) is 0.446. The second-order valence-corrected chi connectivity index (χ2v) is 3.16. The Hall–Kier alpha value is -1.17. The zero-order valence-corrected chi connectivity index (χ0v) is 8.03. The first-order chi connectivity index (χ1) is 6.58. The fourth-order valence-electron chi connectivity index (χ4n) is 1.10. The number of halogens is 2. The SMILES string of the molecule is CN(CCn1ccc(N)n1)CC(F)F. The molecule has 0 radical (unpaired) electrons. The van der Waals surface area contributed by atoms with Gasteiger partial charge in [-0.25, -0.2) is 8.78 Å². The molecule has 2 N–H and O–H groups in total. The van der Waals surface area contributed by atoms with E-state index in [-0.39, 0.29) is 6.54 Å². The lowest BCUT2D eigenvalue weighted by Gasteiger charge is -2.15. The van der Waals surface area contributed by atoms with Gasteiger partial charge in [0.05, 0.1) is 13.1 Å². The number of anilines is 1. The van der Waals surface area contributed by atoms with Crippen molar-refractivity contribution in [2.45, 2.75) is 13.0 Å². The van der Waals surface area contributed by atoms with Gasteiger partial charge in [0.15, 0.2) is 0 Å². The summed E-state index contributed by atoms with van der Waals surface area (Å²) in [4.78, 5) is 1.56. The summed E-state index contributed by atoms with van der Waals surface area (Å²) in [5, 5.41) is 3.94. The molecule has 80 valence electrons. The van der Waals surface area contributed by atoms with Crippen molar-refractivity contribution < 1.29 is 8.78 Å². The Bertz CT molecular complexity index is 274. The number of hydrogen-bond donors (Lipinski definition) is 1. The van der Waals surface area contributed by atoms with Crippen molar-refractivity contribution in [2.24, 2.45) is 0 Å². The standard InChI is InChI=1S/C8H14F2N4/c1-13(6-7(9)10)4-5-14-3-2-8(11)12-14/h2-3,7H,4-6H2,1H3,(H2,11,12). The van der Waals surface area contributed by atoms with Crippen LogP contribution in [0.25, 0.3) is 0 Å². The van der Waals surface area contributed by atoms with Gasteiger partial charge in [-0.15, -0.1) is 0 Å². The smallest absolute Gasteiger partial charge is 0.251 e. The highest BCUT2D eigenvalue weighted by Crippen LogP contribution is 1.98. The summed E-state index contributed by atoms with van der Waals surface area (Å²) in [6.07, 6.45) is -0.561. The average molecular weight is 204 g/mol. The lowest BCUT2D eigenvalue weighted by molar-refractivity contribution is 0.0984. The van der Waals surface area contributed by atoms with Crippen molar-refractivity contribution in [3.05, 3.63) is 12.3 Å². The van der Waals surface area contributed by atoms with E-state index in [2.05, 4.69) is 5.10 Å². The van der Waals surface area contributed by atoms with Gasteiger partial charge in [0.25, 0.3) is 6.43 Å². The number of nitrogen functional groups attached to an aromatic ring is 1. The summed E-state index contributed by atoms with van der Waals surface area (Å²) in [6.45, 7) is 0.891. The van der Waals surface area contributed by atoms with Crippen LogP contribution in [0.5, 0.6) is 0 Å². The van der Waals surface area contributed by atoms with Crippen LogP contribution in [0.2, 0.25) is 0 Å². The molecule has 0 bridgehead atoms. The second-order valence-electron chi connectivity index (χ2n) is 3.16. The first-order valence-electron chi connectivity index (χ1n) is 4.33. The molecule has 0 aromatic carbocycles. The van der Waals surface area contributed by atoms with Crippen molar-refractivity contribution in [3.8, 4) is 0 Å². The third-order valence-corrected chi connectivity index (χ3v) is 1.82. The van der Waals surface area contributed by atoms with Crippen LogP contribution in [-0.2, 0) is 6.54 Å². The number of hydrogen-bond acceptors (Lipinski definition) is 3. The molecule has 14 heavy (non-hydrogen) atoms. The molecule has 4 nitrogen and oxygen atoms in total. The van der Waals surface area contributed by atoms with E-state index in [0.717, 1.165) is 0 Å². The van der Waals surface area contributed by atoms with Crippen molar-refractivity contribution in [1.82, 2.24) is 14.7 Å². The summed E-state index contributed by atoms with van der Waals surface area (Å²) >= 11 is 0. The van der Waals surface area contributed by atoms with Crippen LogP contribution in [-0.4, -0.2) is 41.2 Å². The number of aromatic nitrogens is 2. The third kappa shape index (κ3) is 3.69. The molecular formula is C8H14F2N4. The molecule has 6 heteroatoms. The van der Waals surface area contributed by atoms with Crippen LogP contribution in [0.3, 0.4) is 0 Å². The van der Waals surface area contributed by atoms with Gasteiger partial charge in [0.1, 0.15) is 5.82 Å². The lowest BCUT2D eigenvalue weighted by atomic mass is 10.5. The minimum Gasteiger partial charge on any atom is -0.382 e. The Balaban J connectivity index is 2.26. The third-order valence-electron chi connectivity index (χ3n) is 1.82. The Morgan fingerprint density at radius 1 is 1.64 bits per heavy atom. The molecule has 0 aliphatic carbocycles. The highest BCUT2D eigenvalue weighted by Gasteiger charge is 2.07. The fraction of sp³-hybridized carbons (Fsp3) is 0.625. The van der Waals surface area contributed by atoms with Gasteiger partial charge in [0, 0.05) is 12.7 Å². The number of likely N-dealkylation sites (N-methyl/N-ethyl adjacent to an activating group) is 1. The highest BCUT2D eigenvalue weighted by atomic mass is 19.3. The van der Waals surface area contributed by atoms with Gasteiger partial charge in [-0.1, -0.05) is 0 Å². The second kappa shape index (κ2) is 4.90. The predicted molar refractivity (Wildman–Crippen MR) is 50.1 cm³/mol. The molecule has 0 unspecified atom stereocenters. The molecule has 0 fully saturated rings. The predicted octanol–water partition coefficient (Wildman–Crippen LogP) is 0.662. The van der Waals surface area contributed by atoms with E-state index < -0.39 is 6.43 Å². The molecule has 0 saturated heterocycles. The van der Waals surface area contributed by atoms with E-state index >= 15 is 0 Å². The van der Waals surface area contributed by atoms with E-state index in [1.807, 2.05) is 0 Å². The molecule has 0 aliphatic heterocycles. The quantitative estimate of drug-likeness (QED) is 0.766. The molecule has 1 rings (SSSR count). The maximum atomic E-state index is 11.9. The van der Waals surface area contributed by atoms with Gasteiger partial charge in [-0.2, -0.15) is 5.10 Å². The summed E-state index contributed by atoms with van der Waals surface area (Å²) in [6, 6.07) is 1.67. The zero-order chi connectivity index (χ0) is 10.6. The number of nitrogens with two attached hydrogens (primary N) is 1. The van der Waals surface area contributed by atoms with Gasteiger partial charge < -0.3 is 5.73 Å². The molecule has 1 heterocycles. The van der Waals surface area contributed by atoms with Crippen LogP contribution in [0.4, 0.5) is 14.6 Å². The molecule has 0 atom stereocenters. The lowest BCUT2D eigenvalue weighted by Crippen LogP contribution is -2.28. The molecule has 1 aromatic rings. The van der Waals surface area contributed by atoms with Crippen LogP contribution in [0.1, 0.15) is 0 Å². The first-order valence-corrected chi connectivity index (χ1v) is 4.33. The van der Waals surface area contributed by atoms with E-state index in [1.54, 1.807) is 28.9 Å². The maximum absolute atomic E-state index is 11.9. The van der Waals surface area contributed by atoms with E-state index in [1.165, 1.54) is 0 Å². The van der Waals surface area contributed by atoms with Crippen molar-refractivity contribution in [2.75, 3.05) is 25.9 Å². The molecule has 0 spiro atoms.